The number of aromatic nitrogens is 2. The predicted octanol–water partition coefficient (Wildman–Crippen LogP) is 3.86. The van der Waals surface area contributed by atoms with Gasteiger partial charge in [0.2, 0.25) is 0 Å². The Bertz CT molecular complexity index is 1300. The number of benzene rings is 3. The summed E-state index contributed by atoms with van der Waals surface area (Å²) in [6.07, 6.45) is 0.687. The highest BCUT2D eigenvalue weighted by Gasteiger charge is 2.29. The number of aromatic amines is 1. The number of piperazine rings is 1. The first-order chi connectivity index (χ1) is 18.6. The van der Waals surface area contributed by atoms with Crippen LogP contribution in [0.3, 0.4) is 0 Å². The van der Waals surface area contributed by atoms with E-state index in [1.807, 2.05) is 65.6 Å². The number of nitrogens with one attached hydrogen (secondary N) is 2. The SMILES string of the molecule is COc1ccc(CNOCC(=O)N2CCN(C(Cc3ccc(F)cc3)c3nc4ccccc4[nH]3)CC2)cc1. The Hall–Kier alpha value is -3.79. The fourth-order valence-electron chi connectivity index (χ4n) is 4.74. The Balaban J connectivity index is 1.17. The molecule has 8 nitrogen and oxygen atoms in total. The number of H-pyrrole nitrogens is 1. The summed E-state index contributed by atoms with van der Waals surface area (Å²) in [4.78, 5) is 30.7. The number of amides is 1. The molecule has 0 radical (unpaired) electrons. The standard InChI is InChI=1S/C29H32FN5O3/c1-37-24-12-8-22(9-13-24)19-31-38-20-28(36)35-16-14-34(15-17-35)27(18-21-6-10-23(30)11-7-21)29-32-25-4-2-3-5-26(25)33-29/h2-13,27,31H,14-20H2,1H3,(H,32,33). The van der Waals surface area contributed by atoms with Gasteiger partial charge in [-0.1, -0.05) is 36.4 Å². The number of hydrogen-bond acceptors (Lipinski definition) is 6. The molecule has 1 unspecified atom stereocenters. The van der Waals surface area contributed by atoms with Crippen LogP contribution >= 0.6 is 0 Å². The first kappa shape index (κ1) is 25.8. The molecular weight excluding hydrogens is 485 g/mol. The van der Waals surface area contributed by atoms with Crippen LogP contribution in [0, 0.1) is 5.82 Å². The van der Waals surface area contributed by atoms with E-state index in [-0.39, 0.29) is 24.4 Å². The normalized spacial score (nSPS) is 15.1. The zero-order chi connectivity index (χ0) is 26.3. The minimum atomic E-state index is -0.248. The summed E-state index contributed by atoms with van der Waals surface area (Å²) in [5, 5.41) is 0. The lowest BCUT2D eigenvalue weighted by atomic mass is 10.0. The van der Waals surface area contributed by atoms with Crippen molar-refractivity contribution < 1.29 is 18.8 Å². The van der Waals surface area contributed by atoms with Crippen molar-refractivity contribution in [2.24, 2.45) is 0 Å². The number of ether oxygens (including phenoxy) is 1. The quantitative estimate of drug-likeness (QED) is 0.246. The minimum Gasteiger partial charge on any atom is -0.497 e. The summed E-state index contributed by atoms with van der Waals surface area (Å²) in [7, 11) is 1.63. The van der Waals surface area contributed by atoms with Crippen molar-refractivity contribution in [3.05, 3.63) is 95.6 Å². The fraction of sp³-hybridized carbons (Fsp3) is 0.310. The van der Waals surface area contributed by atoms with E-state index in [2.05, 4.69) is 15.4 Å². The van der Waals surface area contributed by atoms with Crippen molar-refractivity contribution in [2.45, 2.75) is 19.0 Å². The van der Waals surface area contributed by atoms with Crippen molar-refractivity contribution in [1.29, 1.82) is 0 Å². The van der Waals surface area contributed by atoms with Crippen LogP contribution in [0.5, 0.6) is 5.75 Å². The number of carbonyl (C=O) groups excluding carboxylic acids is 1. The molecule has 1 fully saturated rings. The molecule has 3 aromatic carbocycles. The number of nitrogens with zero attached hydrogens (tertiary/aromatic N) is 3. The highest BCUT2D eigenvalue weighted by Crippen LogP contribution is 2.27. The molecule has 1 amide bonds. The summed E-state index contributed by atoms with van der Waals surface area (Å²) in [6.45, 7) is 3.07. The van der Waals surface area contributed by atoms with Gasteiger partial charge in [-0.3, -0.25) is 14.5 Å². The molecule has 4 aromatic rings. The van der Waals surface area contributed by atoms with Crippen LogP contribution < -0.4 is 10.2 Å². The summed E-state index contributed by atoms with van der Waals surface area (Å²) in [5.41, 5.74) is 6.83. The average Bonchev–Trinajstić information content (AvgIpc) is 3.39. The molecule has 2 heterocycles. The number of rotatable bonds is 10. The number of carbonyl (C=O) groups is 1. The van der Waals surface area contributed by atoms with Gasteiger partial charge in [0, 0.05) is 32.7 Å². The molecule has 0 spiro atoms. The second-order valence-electron chi connectivity index (χ2n) is 9.36. The van der Waals surface area contributed by atoms with Gasteiger partial charge < -0.3 is 14.6 Å². The van der Waals surface area contributed by atoms with Gasteiger partial charge in [-0.05, 0) is 53.9 Å². The Morgan fingerprint density at radius 1 is 1.00 bits per heavy atom. The van der Waals surface area contributed by atoms with Gasteiger partial charge in [0.1, 0.15) is 24.0 Å². The number of fused-ring (bicyclic) bond motifs is 1. The number of methoxy groups -OCH3 is 1. The number of halogens is 1. The molecule has 9 heteroatoms. The van der Waals surface area contributed by atoms with E-state index in [0.29, 0.717) is 39.1 Å². The van der Waals surface area contributed by atoms with Crippen LogP contribution in [0.15, 0.2) is 72.8 Å². The lowest BCUT2D eigenvalue weighted by Gasteiger charge is -2.38. The van der Waals surface area contributed by atoms with E-state index >= 15 is 0 Å². The van der Waals surface area contributed by atoms with Crippen LogP contribution in [0.2, 0.25) is 0 Å². The molecule has 1 saturated heterocycles. The second kappa shape index (κ2) is 12.2. The van der Waals surface area contributed by atoms with Gasteiger partial charge in [-0.2, -0.15) is 5.48 Å². The van der Waals surface area contributed by atoms with Crippen LogP contribution in [0.4, 0.5) is 4.39 Å². The van der Waals surface area contributed by atoms with Gasteiger partial charge in [-0.15, -0.1) is 0 Å². The summed E-state index contributed by atoms with van der Waals surface area (Å²) in [5.74, 6) is 1.37. The maximum atomic E-state index is 13.5. The summed E-state index contributed by atoms with van der Waals surface area (Å²) in [6, 6.07) is 22.2. The summed E-state index contributed by atoms with van der Waals surface area (Å²) < 4.78 is 18.7. The maximum Gasteiger partial charge on any atom is 0.250 e. The zero-order valence-electron chi connectivity index (χ0n) is 21.4. The number of imidazole rings is 1. The van der Waals surface area contributed by atoms with Crippen molar-refractivity contribution in [1.82, 2.24) is 25.2 Å². The van der Waals surface area contributed by atoms with Crippen LogP contribution in [-0.4, -0.2) is 65.6 Å². The number of hydroxylamine groups is 1. The van der Waals surface area contributed by atoms with E-state index in [9.17, 15) is 9.18 Å². The lowest BCUT2D eigenvalue weighted by Crippen LogP contribution is -2.51. The third-order valence-electron chi connectivity index (χ3n) is 6.91. The van der Waals surface area contributed by atoms with Crippen LogP contribution in [0.25, 0.3) is 11.0 Å². The number of para-hydroxylation sites is 2. The first-order valence-electron chi connectivity index (χ1n) is 12.8. The Morgan fingerprint density at radius 3 is 2.42 bits per heavy atom. The third kappa shape index (κ3) is 6.36. The van der Waals surface area contributed by atoms with Gasteiger partial charge in [-0.25, -0.2) is 9.37 Å². The predicted molar refractivity (Wildman–Crippen MR) is 143 cm³/mol. The zero-order valence-corrected chi connectivity index (χ0v) is 21.4. The van der Waals surface area contributed by atoms with Crippen LogP contribution in [0.1, 0.15) is 23.0 Å². The Morgan fingerprint density at radius 2 is 1.71 bits per heavy atom. The molecule has 0 aliphatic carbocycles. The largest absolute Gasteiger partial charge is 0.497 e. The molecule has 5 rings (SSSR count). The first-order valence-corrected chi connectivity index (χ1v) is 12.8. The van der Waals surface area contributed by atoms with Crippen molar-refractivity contribution in [3.63, 3.8) is 0 Å². The molecule has 1 aliphatic rings. The molecular formula is C29H32FN5O3. The highest BCUT2D eigenvalue weighted by atomic mass is 19.1. The molecule has 0 bridgehead atoms. The van der Waals surface area contributed by atoms with E-state index < -0.39 is 0 Å². The second-order valence-corrected chi connectivity index (χ2v) is 9.36. The molecule has 0 saturated carbocycles. The van der Waals surface area contributed by atoms with Gasteiger partial charge in [0.05, 0.1) is 24.2 Å². The van der Waals surface area contributed by atoms with Crippen molar-refractivity contribution >= 4 is 16.9 Å². The monoisotopic (exact) mass is 517 g/mol. The smallest absolute Gasteiger partial charge is 0.250 e. The number of hydrogen-bond donors (Lipinski definition) is 2. The molecule has 1 aromatic heterocycles. The molecule has 1 atom stereocenters. The van der Waals surface area contributed by atoms with Gasteiger partial charge >= 0.3 is 0 Å². The molecule has 198 valence electrons. The summed E-state index contributed by atoms with van der Waals surface area (Å²) >= 11 is 0. The topological polar surface area (TPSA) is 82.7 Å². The minimum absolute atomic E-state index is 0.0208. The van der Waals surface area contributed by atoms with Gasteiger partial charge in [0.25, 0.3) is 5.91 Å². The Labute approximate surface area is 221 Å². The Kier molecular flexibility index (Phi) is 8.28. The maximum absolute atomic E-state index is 13.5. The van der Waals surface area contributed by atoms with Crippen LogP contribution in [-0.2, 0) is 22.6 Å². The van der Waals surface area contributed by atoms with E-state index in [1.165, 1.54) is 12.1 Å². The van der Waals surface area contributed by atoms with Crippen molar-refractivity contribution in [2.75, 3.05) is 39.9 Å². The lowest BCUT2D eigenvalue weighted by molar-refractivity contribution is -0.141. The average molecular weight is 518 g/mol. The van der Waals surface area contributed by atoms with E-state index in [0.717, 1.165) is 33.7 Å². The highest BCUT2D eigenvalue weighted by molar-refractivity contribution is 5.77. The van der Waals surface area contributed by atoms with Gasteiger partial charge in [0.15, 0.2) is 0 Å². The van der Waals surface area contributed by atoms with E-state index in [1.54, 1.807) is 7.11 Å². The molecule has 2 N–H and O–H groups in total. The molecule has 38 heavy (non-hydrogen) atoms. The molecule has 1 aliphatic heterocycles. The van der Waals surface area contributed by atoms with Crippen molar-refractivity contribution in [3.8, 4) is 5.75 Å². The third-order valence-corrected chi connectivity index (χ3v) is 6.91. The van der Waals surface area contributed by atoms with E-state index in [4.69, 9.17) is 14.6 Å². The fourth-order valence-corrected chi connectivity index (χ4v) is 4.74.